The number of likely N-dealkylation sites (N-methyl/N-ethyl adjacent to an activating group) is 1. The van der Waals surface area contributed by atoms with E-state index in [9.17, 15) is 4.79 Å². The van der Waals surface area contributed by atoms with E-state index in [-0.39, 0.29) is 6.54 Å². The van der Waals surface area contributed by atoms with Gasteiger partial charge in [-0.1, -0.05) is 6.92 Å². The first-order chi connectivity index (χ1) is 4.98. The normalized spacial score (nSPS) is 11.5. The number of carbonyl (C=O) groups is 1. The fourth-order valence-corrected chi connectivity index (χ4v) is 0.809. The lowest BCUT2D eigenvalue weighted by Gasteiger charge is -2.27. The van der Waals surface area contributed by atoms with E-state index >= 15 is 0 Å². The minimum atomic E-state index is -0.779. The molecule has 0 atom stereocenters. The number of hydrogen-bond donors (Lipinski definition) is 2. The van der Waals surface area contributed by atoms with Crippen LogP contribution in [0.4, 0.5) is 0 Å². The maximum atomic E-state index is 10.3. The van der Waals surface area contributed by atoms with E-state index in [0.29, 0.717) is 4.59 Å². The van der Waals surface area contributed by atoms with E-state index in [1.807, 2.05) is 21.0 Å². The molecule has 0 unspecified atom stereocenters. The minimum absolute atomic E-state index is 0.111. The molecule has 4 heteroatoms. The molecular weight excluding hydrogens is 144 g/mol. The molecule has 0 radical (unpaired) electrons. The van der Waals surface area contributed by atoms with Crippen LogP contribution in [0.5, 0.6) is 0 Å². The molecule has 0 aromatic carbocycles. The lowest BCUT2D eigenvalue weighted by Crippen LogP contribution is -2.54. The Bertz CT molecular complexity index is 134. The number of carboxylic acids is 1. The Hall–Kier alpha value is -0.610. The predicted molar refractivity (Wildman–Crippen MR) is 42.9 cm³/mol. The summed E-state index contributed by atoms with van der Waals surface area (Å²) in [5.74, 6) is -0.779. The fraction of sp³-hybridized carbons (Fsp3) is 0.857. The van der Waals surface area contributed by atoms with Crippen molar-refractivity contribution in [3.63, 3.8) is 0 Å². The van der Waals surface area contributed by atoms with Crippen LogP contribution in [-0.2, 0) is 4.79 Å². The molecular formula is C7H17N2O2+. The van der Waals surface area contributed by atoms with E-state index in [0.717, 1.165) is 13.0 Å². The number of nitrogens with zero attached hydrogens (tertiary/aromatic N) is 1. The van der Waals surface area contributed by atoms with Crippen LogP contribution in [0.25, 0.3) is 0 Å². The number of quaternary nitrogens is 1. The van der Waals surface area contributed by atoms with Crippen LogP contribution in [0.2, 0.25) is 0 Å². The lowest BCUT2D eigenvalue weighted by molar-refractivity contribution is -0.927. The zero-order valence-electron chi connectivity index (χ0n) is 7.42. The van der Waals surface area contributed by atoms with Crippen molar-refractivity contribution in [3.8, 4) is 0 Å². The molecule has 0 aromatic heterocycles. The Morgan fingerprint density at radius 1 is 1.55 bits per heavy atom. The van der Waals surface area contributed by atoms with Crippen molar-refractivity contribution in [3.05, 3.63) is 0 Å². The minimum Gasteiger partial charge on any atom is -0.477 e. The maximum absolute atomic E-state index is 10.3. The van der Waals surface area contributed by atoms with Crippen LogP contribution in [0.1, 0.15) is 13.3 Å². The molecule has 2 N–H and O–H groups in total. The van der Waals surface area contributed by atoms with Gasteiger partial charge in [0.1, 0.15) is 0 Å². The smallest absolute Gasteiger partial charge is 0.361 e. The number of aliphatic carboxylic acids is 1. The topological polar surface area (TPSA) is 49.3 Å². The highest BCUT2D eigenvalue weighted by Crippen LogP contribution is 1.89. The summed E-state index contributed by atoms with van der Waals surface area (Å²) in [6.45, 7) is 3.01. The predicted octanol–water partition coefficient (Wildman–Crippen LogP) is 0.0620. The van der Waals surface area contributed by atoms with Crippen LogP contribution in [0, 0.1) is 0 Å². The van der Waals surface area contributed by atoms with E-state index in [2.05, 4.69) is 5.43 Å². The van der Waals surface area contributed by atoms with Crippen LogP contribution >= 0.6 is 0 Å². The summed E-state index contributed by atoms with van der Waals surface area (Å²) in [5.41, 5.74) is 3.10. The van der Waals surface area contributed by atoms with Crippen LogP contribution < -0.4 is 5.43 Å². The second-order valence-corrected chi connectivity index (χ2v) is 3.14. The average Bonchev–Trinajstić information content (AvgIpc) is 1.81. The summed E-state index contributed by atoms with van der Waals surface area (Å²) in [6.07, 6.45) is 1.02. The summed E-state index contributed by atoms with van der Waals surface area (Å²) in [4.78, 5) is 10.3. The van der Waals surface area contributed by atoms with Crippen LogP contribution in [0.3, 0.4) is 0 Å². The van der Waals surface area contributed by atoms with E-state index < -0.39 is 5.97 Å². The monoisotopic (exact) mass is 161 g/mol. The largest absolute Gasteiger partial charge is 0.477 e. The van der Waals surface area contributed by atoms with Gasteiger partial charge in [-0.3, -0.25) is 0 Å². The third-order valence-corrected chi connectivity index (χ3v) is 1.32. The third kappa shape index (κ3) is 5.82. The molecule has 0 bridgehead atoms. The Morgan fingerprint density at radius 3 is 2.45 bits per heavy atom. The molecule has 4 nitrogen and oxygen atoms in total. The van der Waals surface area contributed by atoms with Crippen molar-refractivity contribution in [2.45, 2.75) is 13.3 Å². The molecule has 0 fully saturated rings. The van der Waals surface area contributed by atoms with Crippen molar-refractivity contribution >= 4 is 5.97 Å². The second-order valence-electron chi connectivity index (χ2n) is 3.14. The molecule has 0 aliphatic carbocycles. The number of carboxylic acid groups (broad SMARTS) is 1. The fourth-order valence-electron chi connectivity index (χ4n) is 0.809. The summed E-state index contributed by atoms with van der Waals surface area (Å²) in [7, 11) is 3.67. The van der Waals surface area contributed by atoms with Gasteiger partial charge >= 0.3 is 5.97 Å². The highest BCUT2D eigenvalue weighted by molar-refractivity contribution is 5.67. The number of rotatable bonds is 5. The van der Waals surface area contributed by atoms with Crippen LogP contribution in [-0.4, -0.2) is 42.9 Å². The molecule has 66 valence electrons. The summed E-state index contributed by atoms with van der Waals surface area (Å²) < 4.78 is 0.336. The Balaban J connectivity index is 3.70. The number of hydrogen-bond acceptors (Lipinski definition) is 2. The SMILES string of the molecule is CCCN[N+](C)(C)CC(=O)O. The van der Waals surface area contributed by atoms with Gasteiger partial charge < -0.3 is 5.11 Å². The Labute approximate surface area is 67.4 Å². The molecule has 11 heavy (non-hydrogen) atoms. The van der Waals surface area contributed by atoms with Crippen LogP contribution in [0.15, 0.2) is 0 Å². The highest BCUT2D eigenvalue weighted by Gasteiger charge is 2.18. The zero-order chi connectivity index (χ0) is 8.91. The van der Waals surface area contributed by atoms with Gasteiger partial charge in [0.05, 0.1) is 14.1 Å². The second kappa shape index (κ2) is 4.31. The zero-order valence-corrected chi connectivity index (χ0v) is 7.42. The van der Waals surface area contributed by atoms with Gasteiger partial charge in [0.25, 0.3) is 0 Å². The first kappa shape index (κ1) is 10.4. The van der Waals surface area contributed by atoms with Gasteiger partial charge in [-0.15, -0.1) is 0 Å². The van der Waals surface area contributed by atoms with Gasteiger partial charge in [-0.25, -0.2) is 9.39 Å². The third-order valence-electron chi connectivity index (χ3n) is 1.32. The molecule has 0 saturated heterocycles. The van der Waals surface area contributed by atoms with Crippen molar-refractivity contribution in [2.24, 2.45) is 0 Å². The van der Waals surface area contributed by atoms with Gasteiger partial charge in [0.2, 0.25) is 0 Å². The molecule has 0 aliphatic heterocycles. The standard InChI is InChI=1S/C7H16N2O2/c1-4-5-8-9(2,3)6-7(10)11/h8H,4-6H2,1-3H3/p+1. The van der Waals surface area contributed by atoms with Gasteiger partial charge in [-0.05, 0) is 6.42 Å². The van der Waals surface area contributed by atoms with E-state index in [1.165, 1.54) is 0 Å². The van der Waals surface area contributed by atoms with Gasteiger partial charge in [0.15, 0.2) is 6.54 Å². The molecule has 0 aliphatic rings. The summed E-state index contributed by atoms with van der Waals surface area (Å²) >= 11 is 0. The molecule has 0 aromatic rings. The molecule has 0 saturated carbocycles. The highest BCUT2D eigenvalue weighted by atomic mass is 16.4. The Kier molecular flexibility index (Phi) is 4.07. The number of nitrogens with one attached hydrogen (secondary N) is 1. The summed E-state index contributed by atoms with van der Waals surface area (Å²) in [5, 5.41) is 8.49. The average molecular weight is 161 g/mol. The maximum Gasteiger partial charge on any atom is 0.361 e. The summed E-state index contributed by atoms with van der Waals surface area (Å²) in [6, 6.07) is 0. The molecule has 0 rings (SSSR count). The molecule has 0 amide bonds. The lowest BCUT2D eigenvalue weighted by atomic mass is 10.5. The van der Waals surface area contributed by atoms with E-state index in [4.69, 9.17) is 5.11 Å². The molecule has 0 spiro atoms. The van der Waals surface area contributed by atoms with Crippen molar-refractivity contribution in [1.29, 1.82) is 0 Å². The Morgan fingerprint density at radius 2 is 2.09 bits per heavy atom. The first-order valence-electron chi connectivity index (χ1n) is 3.78. The quantitative estimate of drug-likeness (QED) is 0.443. The van der Waals surface area contributed by atoms with Crippen molar-refractivity contribution in [1.82, 2.24) is 5.43 Å². The van der Waals surface area contributed by atoms with Crippen molar-refractivity contribution in [2.75, 3.05) is 27.2 Å². The molecule has 0 heterocycles. The van der Waals surface area contributed by atoms with E-state index in [1.54, 1.807) is 0 Å². The van der Waals surface area contributed by atoms with Gasteiger partial charge in [-0.2, -0.15) is 5.43 Å². The van der Waals surface area contributed by atoms with Crippen molar-refractivity contribution < 1.29 is 14.5 Å². The first-order valence-corrected chi connectivity index (χ1v) is 3.78. The van der Waals surface area contributed by atoms with Gasteiger partial charge in [0, 0.05) is 6.54 Å².